The van der Waals surface area contributed by atoms with E-state index in [2.05, 4.69) is 71.3 Å². The fourth-order valence-electron chi connectivity index (χ4n) is 4.23. The lowest BCUT2D eigenvalue weighted by Crippen LogP contribution is -2.33. The molecule has 1 nitrogen and oxygen atoms in total. The summed E-state index contributed by atoms with van der Waals surface area (Å²) in [6.07, 6.45) is 15.3. The molecule has 1 N–H and O–H groups in total. The van der Waals surface area contributed by atoms with Gasteiger partial charge in [0, 0.05) is 12.2 Å². The maximum atomic E-state index is 4.56. The van der Waals surface area contributed by atoms with Crippen molar-refractivity contribution in [2.75, 3.05) is 11.9 Å². The van der Waals surface area contributed by atoms with Crippen LogP contribution in [0.4, 0.5) is 5.69 Å². The second-order valence-corrected chi connectivity index (χ2v) is 8.67. The molecule has 0 spiro atoms. The summed E-state index contributed by atoms with van der Waals surface area (Å²) in [6.45, 7) is 21.1. The van der Waals surface area contributed by atoms with Crippen LogP contribution in [0.5, 0.6) is 0 Å². The molecule has 1 aromatic carbocycles. The van der Waals surface area contributed by atoms with Crippen LogP contribution in [0.15, 0.2) is 17.7 Å². The number of nitrogens with one attached hydrogen (secondary N) is 1. The molecule has 0 saturated carbocycles. The van der Waals surface area contributed by atoms with Crippen molar-refractivity contribution >= 4 is 24.9 Å². The van der Waals surface area contributed by atoms with Crippen LogP contribution in [0.1, 0.15) is 83.4 Å². The van der Waals surface area contributed by atoms with E-state index in [9.17, 15) is 0 Å². The molecule has 1 aromatic rings. The number of unbranched alkanes of at least 4 members (excludes halogenated alkanes) is 2. The maximum absolute atomic E-state index is 4.56. The van der Waals surface area contributed by atoms with Gasteiger partial charge in [0.2, 0.25) is 0 Å². The lowest BCUT2D eigenvalue weighted by Gasteiger charge is -2.32. The van der Waals surface area contributed by atoms with Crippen LogP contribution >= 0.6 is 0 Å². The molecular formula is C26H39N. The molecule has 1 aliphatic carbocycles. The Morgan fingerprint density at radius 2 is 1.93 bits per heavy atom. The van der Waals surface area contributed by atoms with E-state index in [4.69, 9.17) is 0 Å². The molecule has 0 saturated heterocycles. The van der Waals surface area contributed by atoms with Gasteiger partial charge in [-0.15, -0.1) is 0 Å². The summed E-state index contributed by atoms with van der Waals surface area (Å²) in [7, 11) is 0. The molecular weight excluding hydrogens is 326 g/mol. The van der Waals surface area contributed by atoms with E-state index in [1.54, 1.807) is 0 Å². The number of rotatable bonds is 9. The minimum Gasteiger partial charge on any atom is -0.385 e. The summed E-state index contributed by atoms with van der Waals surface area (Å²) in [5.74, 6) is 0. The lowest BCUT2D eigenvalue weighted by molar-refractivity contribution is 0.389. The predicted molar refractivity (Wildman–Crippen MR) is 124 cm³/mol. The molecule has 1 aliphatic rings. The topological polar surface area (TPSA) is 12.0 Å². The zero-order valence-corrected chi connectivity index (χ0v) is 18.3. The first-order chi connectivity index (χ1) is 12.8. The molecule has 1 heteroatoms. The van der Waals surface area contributed by atoms with Crippen molar-refractivity contribution < 1.29 is 0 Å². The van der Waals surface area contributed by atoms with E-state index in [1.165, 1.54) is 58.9 Å². The normalized spacial score (nSPS) is 18.3. The average molecular weight is 366 g/mol. The Labute approximate surface area is 167 Å². The van der Waals surface area contributed by atoms with E-state index >= 15 is 0 Å². The van der Waals surface area contributed by atoms with Gasteiger partial charge in [0.1, 0.15) is 0 Å². The Hall–Kier alpha value is -1.76. The van der Waals surface area contributed by atoms with Gasteiger partial charge < -0.3 is 5.32 Å². The summed E-state index contributed by atoms with van der Waals surface area (Å²) >= 11 is 0. The number of hydrogen-bond donors (Lipinski definition) is 1. The van der Waals surface area contributed by atoms with Gasteiger partial charge in [0.15, 0.2) is 0 Å². The quantitative estimate of drug-likeness (QED) is 0.418. The predicted octanol–water partition coefficient (Wildman–Crippen LogP) is 5.99. The number of fused-ring (bicyclic) bond motifs is 1. The third kappa shape index (κ3) is 5.15. The Kier molecular flexibility index (Phi) is 7.53. The lowest BCUT2D eigenvalue weighted by atomic mass is 9.73. The molecule has 2 rings (SSSR count). The maximum Gasteiger partial charge on any atom is 0.0452 e. The minimum atomic E-state index is 0.207. The minimum absolute atomic E-state index is 0.207. The van der Waals surface area contributed by atoms with Gasteiger partial charge in [0.05, 0.1) is 0 Å². The van der Waals surface area contributed by atoms with E-state index in [0.717, 1.165) is 31.0 Å². The highest BCUT2D eigenvalue weighted by atomic mass is 14.9. The van der Waals surface area contributed by atoms with E-state index in [0.29, 0.717) is 0 Å². The van der Waals surface area contributed by atoms with E-state index in [-0.39, 0.29) is 5.41 Å². The smallest absolute Gasteiger partial charge is 0.0452 e. The SMILES string of the molecule is C=c1c2c(c(=C)c(NCC)c1CCCCC)C=CC(C)(CCC=C(C)C)C2. The van der Waals surface area contributed by atoms with Crippen molar-refractivity contribution in [1.82, 2.24) is 0 Å². The molecule has 1 atom stereocenters. The Balaban J connectivity index is 2.43. The van der Waals surface area contributed by atoms with Gasteiger partial charge in [-0.1, -0.05) is 63.6 Å². The molecule has 0 aromatic heterocycles. The zero-order valence-electron chi connectivity index (χ0n) is 18.3. The van der Waals surface area contributed by atoms with E-state index in [1.807, 2.05) is 0 Å². The van der Waals surface area contributed by atoms with Gasteiger partial charge in [-0.05, 0) is 85.4 Å². The molecule has 0 fully saturated rings. The summed E-state index contributed by atoms with van der Waals surface area (Å²) < 4.78 is 0. The number of anilines is 1. The van der Waals surface area contributed by atoms with Crippen LogP contribution in [0.2, 0.25) is 0 Å². The number of allylic oxidation sites excluding steroid dienone is 3. The second kappa shape index (κ2) is 9.44. The van der Waals surface area contributed by atoms with Crippen LogP contribution < -0.4 is 15.8 Å². The molecule has 0 amide bonds. The molecule has 1 unspecified atom stereocenters. The van der Waals surface area contributed by atoms with Crippen LogP contribution in [0.25, 0.3) is 19.2 Å². The van der Waals surface area contributed by atoms with Gasteiger partial charge in [-0.2, -0.15) is 0 Å². The van der Waals surface area contributed by atoms with Gasteiger partial charge >= 0.3 is 0 Å². The highest BCUT2D eigenvalue weighted by Gasteiger charge is 2.27. The fourth-order valence-corrected chi connectivity index (χ4v) is 4.23. The van der Waals surface area contributed by atoms with E-state index < -0.39 is 0 Å². The number of benzene rings is 1. The Bertz CT molecular complexity index is 808. The highest BCUT2D eigenvalue weighted by molar-refractivity contribution is 5.69. The van der Waals surface area contributed by atoms with Crippen LogP contribution in [-0.4, -0.2) is 6.54 Å². The standard InChI is InChI=1S/C26H39N/c1-8-10-11-14-23-20(5)24-18-26(7,16-12-13-19(3)4)17-15-22(24)21(6)25(23)27-9-2/h13,15,17,27H,5-6,8-12,14,16,18H2,1-4,7H3. The van der Waals surface area contributed by atoms with Crippen LogP contribution in [0, 0.1) is 5.41 Å². The second-order valence-electron chi connectivity index (χ2n) is 8.67. The van der Waals surface area contributed by atoms with Crippen molar-refractivity contribution in [2.24, 2.45) is 5.41 Å². The first-order valence-electron chi connectivity index (χ1n) is 10.7. The van der Waals surface area contributed by atoms with Gasteiger partial charge in [-0.25, -0.2) is 0 Å². The third-order valence-electron chi connectivity index (χ3n) is 5.87. The largest absolute Gasteiger partial charge is 0.385 e. The summed E-state index contributed by atoms with van der Waals surface area (Å²) in [6, 6.07) is 0. The average Bonchev–Trinajstić information content (AvgIpc) is 2.61. The zero-order chi connectivity index (χ0) is 20.0. The molecule has 148 valence electrons. The van der Waals surface area contributed by atoms with Crippen molar-refractivity contribution in [2.45, 2.75) is 79.6 Å². The van der Waals surface area contributed by atoms with Crippen LogP contribution in [0.3, 0.4) is 0 Å². The molecule has 27 heavy (non-hydrogen) atoms. The molecule has 0 heterocycles. The molecule has 0 radical (unpaired) electrons. The van der Waals surface area contributed by atoms with Crippen molar-refractivity contribution in [3.8, 4) is 0 Å². The van der Waals surface area contributed by atoms with Crippen molar-refractivity contribution in [3.05, 3.63) is 44.9 Å². The summed E-state index contributed by atoms with van der Waals surface area (Å²) in [5.41, 5.74) is 6.97. The molecule has 0 aliphatic heterocycles. The molecule has 0 bridgehead atoms. The first kappa shape index (κ1) is 21.5. The fraction of sp³-hybridized carbons (Fsp3) is 0.538. The first-order valence-corrected chi connectivity index (χ1v) is 10.7. The Morgan fingerprint density at radius 3 is 2.56 bits per heavy atom. The summed E-state index contributed by atoms with van der Waals surface area (Å²) in [4.78, 5) is 0. The monoisotopic (exact) mass is 365 g/mol. The third-order valence-corrected chi connectivity index (χ3v) is 5.87. The van der Waals surface area contributed by atoms with Crippen molar-refractivity contribution in [1.29, 1.82) is 0 Å². The van der Waals surface area contributed by atoms with Gasteiger partial charge in [0.25, 0.3) is 0 Å². The van der Waals surface area contributed by atoms with Crippen molar-refractivity contribution in [3.63, 3.8) is 0 Å². The van der Waals surface area contributed by atoms with Gasteiger partial charge in [-0.3, -0.25) is 0 Å². The Morgan fingerprint density at radius 1 is 1.19 bits per heavy atom. The number of hydrogen-bond acceptors (Lipinski definition) is 1. The highest BCUT2D eigenvalue weighted by Crippen LogP contribution is 2.35. The van der Waals surface area contributed by atoms with Crippen LogP contribution in [-0.2, 0) is 12.8 Å². The summed E-state index contributed by atoms with van der Waals surface area (Å²) in [5, 5.41) is 6.00.